The van der Waals surface area contributed by atoms with Crippen LogP contribution in [0.15, 0.2) is 155 Å². The second-order valence-corrected chi connectivity index (χ2v) is 11.4. The van der Waals surface area contributed by atoms with Gasteiger partial charge in [-0.25, -0.2) is 9.97 Å². The second kappa shape index (κ2) is 9.88. The molecule has 0 fully saturated rings. The number of fused-ring (bicyclic) bond motifs is 6. The van der Waals surface area contributed by atoms with Crippen LogP contribution in [0.25, 0.3) is 65.9 Å². The lowest BCUT2D eigenvalue weighted by atomic mass is 10.0. The molecule has 192 valence electrons. The maximum atomic E-state index is 5.09. The van der Waals surface area contributed by atoms with Crippen LogP contribution in [0.2, 0.25) is 0 Å². The van der Waals surface area contributed by atoms with Gasteiger partial charge in [-0.15, -0.1) is 0 Å². The molecule has 0 radical (unpaired) electrons. The van der Waals surface area contributed by atoms with Gasteiger partial charge in [0.1, 0.15) is 0 Å². The average Bonchev–Trinajstić information content (AvgIpc) is 3.04. The Labute approximate surface area is 242 Å². The Kier molecular flexibility index (Phi) is 5.75. The van der Waals surface area contributed by atoms with Crippen molar-refractivity contribution >= 4 is 55.1 Å². The van der Waals surface area contributed by atoms with Gasteiger partial charge in [0.15, 0.2) is 0 Å². The number of nitrogens with zero attached hydrogens (tertiary/aromatic N) is 2. The third-order valence-corrected chi connectivity index (χ3v) is 8.68. The van der Waals surface area contributed by atoms with Crippen molar-refractivity contribution in [2.75, 3.05) is 0 Å². The molecule has 8 rings (SSSR count). The molecule has 2 nitrogen and oxygen atoms in total. The molecule has 2 heterocycles. The minimum absolute atomic E-state index is 0.988. The number of hydrogen-bond donors (Lipinski definition) is 0. The van der Waals surface area contributed by atoms with Gasteiger partial charge in [-0.1, -0.05) is 121 Å². The quantitative estimate of drug-likeness (QED) is 0.208. The van der Waals surface area contributed by atoms with E-state index in [1.165, 1.54) is 31.3 Å². The van der Waals surface area contributed by atoms with Crippen LogP contribution in [0.5, 0.6) is 0 Å². The topological polar surface area (TPSA) is 25.8 Å². The van der Waals surface area contributed by atoms with E-state index in [0.29, 0.717) is 0 Å². The van der Waals surface area contributed by atoms with E-state index in [4.69, 9.17) is 9.97 Å². The SMILES string of the molecule is c1cc(Sc2ccc(-c3ccc4ccc5ccccc5c4n3)cc2)cc(-c2ccc3ccc4ccccc4c3n2)c1. The second-order valence-electron chi connectivity index (χ2n) is 10.3. The molecule has 0 bridgehead atoms. The molecular formula is C38H24N2S. The maximum Gasteiger partial charge on any atom is 0.0787 e. The summed E-state index contributed by atoms with van der Waals surface area (Å²) in [5.41, 5.74) is 6.30. The van der Waals surface area contributed by atoms with E-state index in [1.54, 1.807) is 11.8 Å². The Balaban J connectivity index is 1.08. The van der Waals surface area contributed by atoms with Crippen LogP contribution in [0.1, 0.15) is 0 Å². The lowest BCUT2D eigenvalue weighted by Gasteiger charge is -2.09. The van der Waals surface area contributed by atoms with Gasteiger partial charge < -0.3 is 0 Å². The van der Waals surface area contributed by atoms with E-state index in [-0.39, 0.29) is 0 Å². The van der Waals surface area contributed by atoms with Gasteiger partial charge in [-0.05, 0) is 47.2 Å². The lowest BCUT2D eigenvalue weighted by molar-refractivity contribution is 1.36. The van der Waals surface area contributed by atoms with Crippen LogP contribution >= 0.6 is 11.8 Å². The van der Waals surface area contributed by atoms with Crippen molar-refractivity contribution in [2.24, 2.45) is 0 Å². The summed E-state index contributed by atoms with van der Waals surface area (Å²) in [5, 5.41) is 7.12. The first-order valence-corrected chi connectivity index (χ1v) is 14.6. The van der Waals surface area contributed by atoms with Crippen LogP contribution in [-0.2, 0) is 0 Å². The summed E-state index contributed by atoms with van der Waals surface area (Å²) in [4.78, 5) is 12.5. The zero-order valence-electron chi connectivity index (χ0n) is 22.2. The molecule has 0 saturated heterocycles. The smallest absolute Gasteiger partial charge is 0.0787 e. The molecule has 8 aromatic rings. The number of rotatable bonds is 4. The average molecular weight is 541 g/mol. The molecule has 0 saturated carbocycles. The summed E-state index contributed by atoms with van der Waals surface area (Å²) in [5.74, 6) is 0. The van der Waals surface area contributed by atoms with Gasteiger partial charge >= 0.3 is 0 Å². The summed E-state index contributed by atoms with van der Waals surface area (Å²) < 4.78 is 0. The summed E-state index contributed by atoms with van der Waals surface area (Å²) in [6.45, 7) is 0. The Hall–Kier alpha value is -4.99. The summed E-state index contributed by atoms with van der Waals surface area (Å²) >= 11 is 1.76. The minimum atomic E-state index is 0.988. The van der Waals surface area contributed by atoms with Crippen LogP contribution in [0.3, 0.4) is 0 Å². The highest BCUT2D eigenvalue weighted by atomic mass is 32.2. The predicted molar refractivity (Wildman–Crippen MR) is 173 cm³/mol. The molecule has 41 heavy (non-hydrogen) atoms. The molecule has 0 spiro atoms. The first-order valence-electron chi connectivity index (χ1n) is 13.7. The van der Waals surface area contributed by atoms with Crippen molar-refractivity contribution in [3.05, 3.63) is 146 Å². The van der Waals surface area contributed by atoms with Gasteiger partial charge in [0.2, 0.25) is 0 Å². The fourth-order valence-electron chi connectivity index (χ4n) is 5.59. The van der Waals surface area contributed by atoms with E-state index in [0.717, 1.165) is 44.3 Å². The van der Waals surface area contributed by atoms with Crippen molar-refractivity contribution in [1.29, 1.82) is 0 Å². The van der Waals surface area contributed by atoms with Gasteiger partial charge in [0, 0.05) is 42.5 Å². The van der Waals surface area contributed by atoms with Crippen molar-refractivity contribution in [3.8, 4) is 22.5 Å². The highest BCUT2D eigenvalue weighted by Gasteiger charge is 2.09. The standard InChI is InChI=1S/C38H24N2S/c1-3-10-33-25(6-1)12-14-28-18-22-35(39-37(28)33)27-16-20-31(21-17-27)41-32-9-5-8-30(24-32)36-23-19-29-15-13-26-7-2-4-11-34(26)38(29)40-36/h1-24H. The monoisotopic (exact) mass is 540 g/mol. The van der Waals surface area contributed by atoms with Crippen molar-refractivity contribution in [3.63, 3.8) is 0 Å². The Bertz CT molecular complexity index is 2240. The molecule has 3 heteroatoms. The highest BCUT2D eigenvalue weighted by Crippen LogP contribution is 2.34. The van der Waals surface area contributed by atoms with E-state index >= 15 is 0 Å². The maximum absolute atomic E-state index is 5.09. The van der Waals surface area contributed by atoms with Crippen LogP contribution < -0.4 is 0 Å². The van der Waals surface area contributed by atoms with Crippen LogP contribution in [-0.4, -0.2) is 9.97 Å². The van der Waals surface area contributed by atoms with Crippen LogP contribution in [0.4, 0.5) is 0 Å². The lowest BCUT2D eigenvalue weighted by Crippen LogP contribution is -1.88. The molecule has 6 aromatic carbocycles. The molecule has 0 aliphatic carbocycles. The summed E-state index contributed by atoms with van der Waals surface area (Å²) in [6.07, 6.45) is 0. The molecule has 0 atom stereocenters. The first-order chi connectivity index (χ1) is 20.3. The number of aromatic nitrogens is 2. The Morgan fingerprint density at radius 2 is 0.902 bits per heavy atom. The molecule has 0 amide bonds. The summed E-state index contributed by atoms with van der Waals surface area (Å²) in [6, 6.07) is 51.5. The molecule has 2 aromatic heterocycles. The number of pyridine rings is 2. The van der Waals surface area contributed by atoms with Crippen molar-refractivity contribution in [1.82, 2.24) is 9.97 Å². The molecular weight excluding hydrogens is 516 g/mol. The third-order valence-electron chi connectivity index (χ3n) is 7.69. The van der Waals surface area contributed by atoms with Crippen molar-refractivity contribution in [2.45, 2.75) is 9.79 Å². The zero-order chi connectivity index (χ0) is 27.2. The molecule has 0 aliphatic rings. The highest BCUT2D eigenvalue weighted by molar-refractivity contribution is 7.99. The minimum Gasteiger partial charge on any atom is -0.247 e. The molecule has 0 unspecified atom stereocenters. The normalized spacial score (nSPS) is 11.5. The zero-order valence-corrected chi connectivity index (χ0v) is 23.0. The fourth-order valence-corrected chi connectivity index (χ4v) is 6.46. The fraction of sp³-hybridized carbons (Fsp3) is 0. The Morgan fingerprint density at radius 1 is 0.366 bits per heavy atom. The largest absolute Gasteiger partial charge is 0.247 e. The van der Waals surface area contributed by atoms with Gasteiger partial charge in [-0.3, -0.25) is 0 Å². The van der Waals surface area contributed by atoms with E-state index < -0.39 is 0 Å². The Morgan fingerprint density at radius 3 is 1.54 bits per heavy atom. The summed E-state index contributed by atoms with van der Waals surface area (Å²) in [7, 11) is 0. The predicted octanol–water partition coefficient (Wildman–Crippen LogP) is 10.6. The van der Waals surface area contributed by atoms with E-state index in [9.17, 15) is 0 Å². The van der Waals surface area contributed by atoms with Gasteiger partial charge in [0.05, 0.1) is 22.4 Å². The first kappa shape index (κ1) is 23.9. The van der Waals surface area contributed by atoms with Gasteiger partial charge in [0.25, 0.3) is 0 Å². The third kappa shape index (κ3) is 4.41. The number of benzene rings is 6. The number of hydrogen-bond acceptors (Lipinski definition) is 3. The molecule has 0 N–H and O–H groups in total. The van der Waals surface area contributed by atoms with Crippen LogP contribution in [0, 0.1) is 0 Å². The molecule has 0 aliphatic heterocycles. The van der Waals surface area contributed by atoms with Gasteiger partial charge in [-0.2, -0.15) is 0 Å². The van der Waals surface area contributed by atoms with Crippen molar-refractivity contribution < 1.29 is 0 Å². The van der Waals surface area contributed by atoms with E-state index in [2.05, 4.69) is 146 Å². The van der Waals surface area contributed by atoms with E-state index in [1.807, 2.05) is 0 Å².